The smallest absolute Gasteiger partial charge is 0.0441 e. The Morgan fingerprint density at radius 2 is 1.95 bits per heavy atom. The standard InChI is InChI=1S/C17H21NS/c1-11-5-4-6-14(12(11)2)15-9-10-16(19-15)17(18-3)13-7-8-13/h4-6,9-10,13,17-18H,7-8H2,1-3H3. The molecule has 100 valence electrons. The Kier molecular flexibility index (Phi) is 3.46. The van der Waals surface area contributed by atoms with Gasteiger partial charge >= 0.3 is 0 Å². The summed E-state index contributed by atoms with van der Waals surface area (Å²) in [5.41, 5.74) is 4.17. The zero-order chi connectivity index (χ0) is 13.4. The molecular weight excluding hydrogens is 250 g/mol. The maximum Gasteiger partial charge on any atom is 0.0441 e. The Labute approximate surface area is 119 Å². The van der Waals surface area contributed by atoms with Crippen LogP contribution in [-0.2, 0) is 0 Å². The van der Waals surface area contributed by atoms with Crippen LogP contribution in [0.15, 0.2) is 30.3 Å². The van der Waals surface area contributed by atoms with E-state index in [1.807, 2.05) is 11.3 Å². The van der Waals surface area contributed by atoms with Crippen molar-refractivity contribution in [1.29, 1.82) is 0 Å². The second-order valence-corrected chi connectivity index (χ2v) is 6.67. The van der Waals surface area contributed by atoms with Crippen LogP contribution in [-0.4, -0.2) is 7.05 Å². The van der Waals surface area contributed by atoms with Crippen molar-refractivity contribution < 1.29 is 0 Å². The van der Waals surface area contributed by atoms with Gasteiger partial charge in [-0.2, -0.15) is 0 Å². The molecule has 1 aliphatic rings. The van der Waals surface area contributed by atoms with Crippen LogP contribution in [0.5, 0.6) is 0 Å². The molecule has 1 N–H and O–H groups in total. The molecule has 2 aromatic rings. The Balaban J connectivity index is 1.94. The third kappa shape index (κ3) is 2.47. The highest BCUT2D eigenvalue weighted by molar-refractivity contribution is 7.15. The Bertz CT molecular complexity index is 581. The van der Waals surface area contributed by atoms with Crippen molar-refractivity contribution in [3.05, 3.63) is 46.3 Å². The first kappa shape index (κ1) is 12.9. The lowest BCUT2D eigenvalue weighted by Gasteiger charge is -2.12. The number of thiophene rings is 1. The summed E-state index contributed by atoms with van der Waals surface area (Å²) in [7, 11) is 2.08. The molecule has 19 heavy (non-hydrogen) atoms. The average molecular weight is 271 g/mol. The second-order valence-electron chi connectivity index (χ2n) is 5.55. The van der Waals surface area contributed by atoms with Crippen molar-refractivity contribution in [1.82, 2.24) is 5.32 Å². The average Bonchev–Trinajstić information content (AvgIpc) is 3.12. The molecule has 2 heteroatoms. The molecule has 0 aliphatic heterocycles. The van der Waals surface area contributed by atoms with Gasteiger partial charge in [-0.25, -0.2) is 0 Å². The van der Waals surface area contributed by atoms with E-state index in [9.17, 15) is 0 Å². The summed E-state index contributed by atoms with van der Waals surface area (Å²) in [5.74, 6) is 0.857. The van der Waals surface area contributed by atoms with Gasteiger partial charge in [-0.05, 0) is 68.5 Å². The van der Waals surface area contributed by atoms with E-state index >= 15 is 0 Å². The molecule has 1 aliphatic carbocycles. The number of hydrogen-bond acceptors (Lipinski definition) is 2. The Hall–Kier alpha value is -1.12. The van der Waals surface area contributed by atoms with E-state index in [1.54, 1.807) is 0 Å². The first-order valence-electron chi connectivity index (χ1n) is 7.04. The minimum Gasteiger partial charge on any atom is -0.312 e. The summed E-state index contributed by atoms with van der Waals surface area (Å²) in [6.45, 7) is 4.41. The second kappa shape index (κ2) is 5.10. The van der Waals surface area contributed by atoms with Crippen molar-refractivity contribution in [2.24, 2.45) is 5.92 Å². The van der Waals surface area contributed by atoms with E-state index in [4.69, 9.17) is 0 Å². The molecule has 0 radical (unpaired) electrons. The summed E-state index contributed by atoms with van der Waals surface area (Å²) in [5, 5.41) is 3.48. The Morgan fingerprint density at radius 3 is 2.63 bits per heavy atom. The predicted octanol–water partition coefficient (Wildman–Crippen LogP) is 4.70. The molecule has 1 nitrogen and oxygen atoms in total. The van der Waals surface area contributed by atoms with E-state index in [-0.39, 0.29) is 0 Å². The lowest BCUT2D eigenvalue weighted by molar-refractivity contribution is 0.537. The van der Waals surface area contributed by atoms with Gasteiger partial charge in [-0.15, -0.1) is 11.3 Å². The van der Waals surface area contributed by atoms with Gasteiger partial charge in [0.15, 0.2) is 0 Å². The molecule has 1 unspecified atom stereocenters. The molecule has 1 aromatic carbocycles. The molecule has 1 heterocycles. The summed E-state index contributed by atoms with van der Waals surface area (Å²) in [6, 6.07) is 11.7. The van der Waals surface area contributed by atoms with Crippen LogP contribution in [0.1, 0.15) is 34.9 Å². The number of rotatable bonds is 4. The largest absolute Gasteiger partial charge is 0.312 e. The highest BCUT2D eigenvalue weighted by atomic mass is 32.1. The van der Waals surface area contributed by atoms with E-state index in [2.05, 4.69) is 56.5 Å². The Morgan fingerprint density at radius 1 is 1.16 bits per heavy atom. The molecular formula is C17H21NS. The lowest BCUT2D eigenvalue weighted by Crippen LogP contribution is -2.16. The van der Waals surface area contributed by atoms with Crippen LogP contribution < -0.4 is 5.32 Å². The van der Waals surface area contributed by atoms with Gasteiger partial charge < -0.3 is 5.32 Å². The lowest BCUT2D eigenvalue weighted by atomic mass is 10.0. The predicted molar refractivity (Wildman–Crippen MR) is 83.8 cm³/mol. The summed E-state index contributed by atoms with van der Waals surface area (Å²) < 4.78 is 0. The van der Waals surface area contributed by atoms with Crippen LogP contribution in [0.25, 0.3) is 10.4 Å². The summed E-state index contributed by atoms with van der Waals surface area (Å²) in [6.07, 6.45) is 2.75. The van der Waals surface area contributed by atoms with Crippen molar-refractivity contribution >= 4 is 11.3 Å². The van der Waals surface area contributed by atoms with E-state index in [0.29, 0.717) is 6.04 Å². The fourth-order valence-electron chi connectivity index (χ4n) is 2.72. The van der Waals surface area contributed by atoms with Gasteiger partial charge in [0.1, 0.15) is 0 Å². The van der Waals surface area contributed by atoms with Crippen molar-refractivity contribution in [2.75, 3.05) is 7.05 Å². The molecule has 0 spiro atoms. The van der Waals surface area contributed by atoms with Crippen molar-refractivity contribution in [3.8, 4) is 10.4 Å². The van der Waals surface area contributed by atoms with Crippen LogP contribution in [0.4, 0.5) is 0 Å². The number of hydrogen-bond donors (Lipinski definition) is 1. The van der Waals surface area contributed by atoms with Crippen molar-refractivity contribution in [2.45, 2.75) is 32.7 Å². The summed E-state index contributed by atoms with van der Waals surface area (Å²) >= 11 is 1.95. The topological polar surface area (TPSA) is 12.0 Å². The number of benzene rings is 1. The van der Waals surface area contributed by atoms with Crippen LogP contribution >= 0.6 is 11.3 Å². The normalized spacial score (nSPS) is 16.6. The molecule has 1 aromatic heterocycles. The van der Waals surface area contributed by atoms with E-state index in [1.165, 1.54) is 39.3 Å². The minimum atomic E-state index is 0.559. The van der Waals surface area contributed by atoms with Gasteiger partial charge in [-0.3, -0.25) is 0 Å². The highest BCUT2D eigenvalue weighted by Crippen LogP contribution is 2.44. The molecule has 1 atom stereocenters. The quantitative estimate of drug-likeness (QED) is 0.849. The van der Waals surface area contributed by atoms with Crippen LogP contribution in [0.3, 0.4) is 0 Å². The molecule has 1 saturated carbocycles. The zero-order valence-corrected chi connectivity index (χ0v) is 12.7. The molecule has 1 fully saturated rings. The third-order valence-corrected chi connectivity index (χ3v) is 5.41. The van der Waals surface area contributed by atoms with Gasteiger partial charge in [0.2, 0.25) is 0 Å². The minimum absolute atomic E-state index is 0.559. The van der Waals surface area contributed by atoms with Crippen molar-refractivity contribution in [3.63, 3.8) is 0 Å². The summed E-state index contributed by atoms with van der Waals surface area (Å²) in [4.78, 5) is 2.89. The fraction of sp³-hybridized carbons (Fsp3) is 0.412. The first-order valence-corrected chi connectivity index (χ1v) is 7.86. The third-order valence-electron chi connectivity index (χ3n) is 4.21. The van der Waals surface area contributed by atoms with Gasteiger partial charge in [0, 0.05) is 15.8 Å². The molecule has 0 saturated heterocycles. The van der Waals surface area contributed by atoms with E-state index in [0.717, 1.165) is 5.92 Å². The number of nitrogens with one attached hydrogen (secondary N) is 1. The maximum absolute atomic E-state index is 3.48. The van der Waals surface area contributed by atoms with Crippen LogP contribution in [0.2, 0.25) is 0 Å². The monoisotopic (exact) mass is 271 g/mol. The molecule has 3 rings (SSSR count). The van der Waals surface area contributed by atoms with Crippen LogP contribution in [0, 0.1) is 19.8 Å². The fourth-order valence-corrected chi connectivity index (χ4v) is 4.02. The SMILES string of the molecule is CNC(c1ccc(-c2cccc(C)c2C)s1)C1CC1. The first-order chi connectivity index (χ1) is 9.20. The van der Waals surface area contributed by atoms with Gasteiger partial charge in [-0.1, -0.05) is 18.2 Å². The number of aryl methyl sites for hydroxylation is 1. The van der Waals surface area contributed by atoms with Gasteiger partial charge in [0.25, 0.3) is 0 Å². The maximum atomic E-state index is 3.48. The molecule has 0 bridgehead atoms. The zero-order valence-electron chi connectivity index (χ0n) is 11.9. The molecule has 0 amide bonds. The van der Waals surface area contributed by atoms with Gasteiger partial charge in [0.05, 0.1) is 0 Å². The van der Waals surface area contributed by atoms with E-state index < -0.39 is 0 Å². The highest BCUT2D eigenvalue weighted by Gasteiger charge is 2.32.